The average molecular weight is 254 g/mol. The van der Waals surface area contributed by atoms with Gasteiger partial charge in [0.25, 0.3) is 5.56 Å². The first-order valence-electron chi connectivity index (χ1n) is 5.90. The number of hydrogen-bond acceptors (Lipinski definition) is 4. The standard InChI is InChI=1S/C11H18N4O3/c1-2-6-14-8-5-10(17)15(11(14)18)7-3-4-9(16)13-12/h5,8H,2-4,6-7,12H2,1H3,(H,13,16). The van der Waals surface area contributed by atoms with Gasteiger partial charge in [-0.05, 0) is 12.8 Å². The van der Waals surface area contributed by atoms with Crippen molar-refractivity contribution in [1.29, 1.82) is 0 Å². The van der Waals surface area contributed by atoms with E-state index in [4.69, 9.17) is 5.84 Å². The number of hydrazine groups is 1. The second-order valence-electron chi connectivity index (χ2n) is 3.95. The van der Waals surface area contributed by atoms with Gasteiger partial charge in [-0.2, -0.15) is 0 Å². The molecule has 3 N–H and O–H groups in total. The number of aryl methyl sites for hydroxylation is 1. The molecule has 0 saturated carbocycles. The van der Waals surface area contributed by atoms with Crippen LogP contribution in [-0.4, -0.2) is 15.0 Å². The summed E-state index contributed by atoms with van der Waals surface area (Å²) in [6, 6.07) is 1.36. The Labute approximate surface area is 104 Å². The minimum Gasteiger partial charge on any atom is -0.300 e. The molecule has 18 heavy (non-hydrogen) atoms. The predicted octanol–water partition coefficient (Wildman–Crippen LogP) is -0.810. The summed E-state index contributed by atoms with van der Waals surface area (Å²) in [5.74, 6) is 4.63. The molecule has 1 aromatic rings. The number of nitrogens with zero attached hydrogens (tertiary/aromatic N) is 2. The number of nitrogens with one attached hydrogen (secondary N) is 1. The first-order valence-corrected chi connectivity index (χ1v) is 5.90. The Bertz CT molecular complexity index is 518. The summed E-state index contributed by atoms with van der Waals surface area (Å²) in [7, 11) is 0. The number of amides is 1. The molecule has 1 heterocycles. The molecular formula is C11H18N4O3. The van der Waals surface area contributed by atoms with Crippen LogP contribution in [0.25, 0.3) is 0 Å². The molecule has 100 valence electrons. The van der Waals surface area contributed by atoms with E-state index in [1.54, 1.807) is 0 Å². The van der Waals surface area contributed by atoms with Crippen LogP contribution >= 0.6 is 0 Å². The average Bonchev–Trinajstić information content (AvgIpc) is 2.36. The van der Waals surface area contributed by atoms with Crippen LogP contribution in [0.2, 0.25) is 0 Å². The van der Waals surface area contributed by atoms with Crippen LogP contribution in [0, 0.1) is 0 Å². The van der Waals surface area contributed by atoms with E-state index in [0.29, 0.717) is 13.0 Å². The molecule has 0 fully saturated rings. The summed E-state index contributed by atoms with van der Waals surface area (Å²) in [5.41, 5.74) is 1.32. The van der Waals surface area contributed by atoms with Crippen molar-refractivity contribution in [3.8, 4) is 0 Å². The minimum atomic E-state index is -0.347. The van der Waals surface area contributed by atoms with Crippen LogP contribution in [0.4, 0.5) is 0 Å². The lowest BCUT2D eigenvalue weighted by Gasteiger charge is -2.08. The Kier molecular flexibility index (Phi) is 5.31. The van der Waals surface area contributed by atoms with Gasteiger partial charge in [-0.1, -0.05) is 6.92 Å². The van der Waals surface area contributed by atoms with E-state index in [0.717, 1.165) is 11.0 Å². The predicted molar refractivity (Wildman–Crippen MR) is 66.8 cm³/mol. The molecule has 1 rings (SSSR count). The minimum absolute atomic E-state index is 0.186. The molecule has 0 aliphatic heterocycles. The van der Waals surface area contributed by atoms with Gasteiger partial charge in [0.15, 0.2) is 0 Å². The van der Waals surface area contributed by atoms with E-state index in [-0.39, 0.29) is 30.1 Å². The van der Waals surface area contributed by atoms with E-state index < -0.39 is 0 Å². The van der Waals surface area contributed by atoms with Gasteiger partial charge in [0.1, 0.15) is 0 Å². The molecule has 0 spiro atoms. The molecule has 7 nitrogen and oxygen atoms in total. The Morgan fingerprint density at radius 1 is 1.39 bits per heavy atom. The Balaban J connectivity index is 2.81. The van der Waals surface area contributed by atoms with Crippen LogP contribution in [0.5, 0.6) is 0 Å². The van der Waals surface area contributed by atoms with E-state index in [1.807, 2.05) is 12.3 Å². The summed E-state index contributed by atoms with van der Waals surface area (Å²) in [5, 5.41) is 0. The van der Waals surface area contributed by atoms with Gasteiger partial charge in [0, 0.05) is 31.8 Å². The highest BCUT2D eigenvalue weighted by molar-refractivity contribution is 5.74. The Morgan fingerprint density at radius 3 is 2.72 bits per heavy atom. The molecular weight excluding hydrogens is 236 g/mol. The second kappa shape index (κ2) is 6.75. The zero-order valence-electron chi connectivity index (χ0n) is 10.4. The topological polar surface area (TPSA) is 99.1 Å². The smallest absolute Gasteiger partial charge is 0.300 e. The summed E-state index contributed by atoms with van der Waals surface area (Å²) in [6.07, 6.45) is 2.89. The Morgan fingerprint density at radius 2 is 2.11 bits per heavy atom. The third kappa shape index (κ3) is 3.56. The molecule has 7 heteroatoms. The molecule has 1 aromatic heterocycles. The highest BCUT2D eigenvalue weighted by Gasteiger charge is 2.05. The molecule has 1 amide bonds. The molecule has 0 bridgehead atoms. The van der Waals surface area contributed by atoms with Crippen molar-refractivity contribution in [3.05, 3.63) is 33.1 Å². The van der Waals surface area contributed by atoms with Crippen molar-refractivity contribution >= 4 is 5.91 Å². The van der Waals surface area contributed by atoms with Crippen LogP contribution in [-0.2, 0) is 17.9 Å². The van der Waals surface area contributed by atoms with Gasteiger partial charge < -0.3 is 4.57 Å². The maximum atomic E-state index is 11.9. The van der Waals surface area contributed by atoms with E-state index in [2.05, 4.69) is 0 Å². The third-order valence-corrected chi connectivity index (χ3v) is 2.55. The van der Waals surface area contributed by atoms with E-state index in [9.17, 15) is 14.4 Å². The van der Waals surface area contributed by atoms with Gasteiger partial charge in [-0.3, -0.25) is 19.6 Å². The fourth-order valence-electron chi connectivity index (χ4n) is 1.64. The summed E-state index contributed by atoms with van der Waals surface area (Å²) in [6.45, 7) is 2.74. The summed E-state index contributed by atoms with van der Waals surface area (Å²) >= 11 is 0. The molecule has 0 aromatic carbocycles. The molecule has 0 aliphatic carbocycles. The molecule has 0 saturated heterocycles. The number of hydrogen-bond donors (Lipinski definition) is 2. The van der Waals surface area contributed by atoms with Crippen LogP contribution < -0.4 is 22.5 Å². The highest BCUT2D eigenvalue weighted by Crippen LogP contribution is 1.91. The quantitative estimate of drug-likeness (QED) is 0.394. The zero-order valence-corrected chi connectivity index (χ0v) is 10.4. The zero-order chi connectivity index (χ0) is 13.5. The van der Waals surface area contributed by atoms with E-state index >= 15 is 0 Å². The molecule has 0 atom stereocenters. The van der Waals surface area contributed by atoms with Gasteiger partial charge in [0.2, 0.25) is 5.91 Å². The normalized spacial score (nSPS) is 10.3. The van der Waals surface area contributed by atoms with Crippen molar-refractivity contribution in [2.24, 2.45) is 5.84 Å². The van der Waals surface area contributed by atoms with E-state index in [1.165, 1.54) is 16.8 Å². The first kappa shape index (κ1) is 14.2. The summed E-state index contributed by atoms with van der Waals surface area (Å²) in [4.78, 5) is 34.4. The lowest BCUT2D eigenvalue weighted by Crippen LogP contribution is -2.39. The molecule has 0 unspecified atom stereocenters. The fraction of sp³-hybridized carbons (Fsp3) is 0.545. The molecule has 0 aliphatic rings. The van der Waals surface area contributed by atoms with Crippen molar-refractivity contribution in [2.75, 3.05) is 0 Å². The number of carbonyl (C=O) groups excluding carboxylic acids is 1. The van der Waals surface area contributed by atoms with Crippen molar-refractivity contribution in [1.82, 2.24) is 14.6 Å². The first-order chi connectivity index (χ1) is 8.60. The van der Waals surface area contributed by atoms with Gasteiger partial charge in [-0.25, -0.2) is 10.6 Å². The van der Waals surface area contributed by atoms with Gasteiger partial charge in [-0.15, -0.1) is 0 Å². The second-order valence-corrected chi connectivity index (χ2v) is 3.95. The summed E-state index contributed by atoms with van der Waals surface area (Å²) < 4.78 is 2.63. The number of aromatic nitrogens is 2. The number of rotatable bonds is 6. The largest absolute Gasteiger partial charge is 0.330 e. The fourth-order valence-corrected chi connectivity index (χ4v) is 1.64. The maximum absolute atomic E-state index is 11.9. The van der Waals surface area contributed by atoms with Crippen LogP contribution in [0.3, 0.4) is 0 Å². The molecule has 0 radical (unpaired) electrons. The van der Waals surface area contributed by atoms with Gasteiger partial charge >= 0.3 is 5.69 Å². The number of carbonyl (C=O) groups is 1. The monoisotopic (exact) mass is 254 g/mol. The van der Waals surface area contributed by atoms with Crippen molar-refractivity contribution in [2.45, 2.75) is 39.3 Å². The Hall–Kier alpha value is -1.89. The third-order valence-electron chi connectivity index (χ3n) is 2.55. The van der Waals surface area contributed by atoms with Crippen molar-refractivity contribution in [3.63, 3.8) is 0 Å². The van der Waals surface area contributed by atoms with Gasteiger partial charge in [0.05, 0.1) is 0 Å². The maximum Gasteiger partial charge on any atom is 0.330 e. The van der Waals surface area contributed by atoms with Crippen LogP contribution in [0.15, 0.2) is 21.9 Å². The van der Waals surface area contributed by atoms with Crippen molar-refractivity contribution < 1.29 is 4.79 Å². The lowest BCUT2D eigenvalue weighted by atomic mass is 10.3. The highest BCUT2D eigenvalue weighted by atomic mass is 16.2. The number of nitrogens with two attached hydrogens (primary N) is 1. The van der Waals surface area contributed by atoms with Crippen LogP contribution in [0.1, 0.15) is 26.2 Å². The SMILES string of the molecule is CCCn1ccc(=O)n(CCCC(=O)NN)c1=O. The lowest BCUT2D eigenvalue weighted by molar-refractivity contribution is -0.121.